The summed E-state index contributed by atoms with van der Waals surface area (Å²) < 4.78 is 1.10. The smallest absolute Gasteiger partial charge is 0.0501 e. The van der Waals surface area contributed by atoms with Crippen LogP contribution in [-0.2, 0) is 0 Å². The van der Waals surface area contributed by atoms with Gasteiger partial charge in [-0.3, -0.25) is 0 Å². The molecule has 64 valence electrons. The van der Waals surface area contributed by atoms with Gasteiger partial charge in [-0.05, 0) is 24.7 Å². The second-order valence-electron chi connectivity index (χ2n) is 2.55. The Morgan fingerprint density at radius 1 is 1.42 bits per heavy atom. The van der Waals surface area contributed by atoms with E-state index in [1.165, 1.54) is 5.56 Å². The standard InChI is InChI=1S/C10H12BrN/c1-3-10(12-2)8-4-6-9(11)7-5-8/h3-7,10,12H,1H2,2H3. The highest BCUT2D eigenvalue weighted by atomic mass is 79.9. The predicted octanol–water partition coefficient (Wildman–Crippen LogP) is 2.90. The lowest BCUT2D eigenvalue weighted by atomic mass is 10.1. The molecule has 1 nitrogen and oxygen atoms in total. The van der Waals surface area contributed by atoms with Gasteiger partial charge in [0.1, 0.15) is 0 Å². The third-order valence-electron chi connectivity index (χ3n) is 1.78. The molecule has 0 aromatic heterocycles. The Morgan fingerprint density at radius 3 is 2.42 bits per heavy atom. The topological polar surface area (TPSA) is 12.0 Å². The molecule has 0 spiro atoms. The quantitative estimate of drug-likeness (QED) is 0.781. The van der Waals surface area contributed by atoms with E-state index in [-0.39, 0.29) is 6.04 Å². The summed E-state index contributed by atoms with van der Waals surface area (Å²) >= 11 is 3.39. The molecule has 0 aliphatic carbocycles. The summed E-state index contributed by atoms with van der Waals surface area (Å²) in [6.07, 6.45) is 1.89. The molecule has 0 amide bonds. The van der Waals surface area contributed by atoms with Crippen LogP contribution in [0.15, 0.2) is 41.4 Å². The highest BCUT2D eigenvalue weighted by Crippen LogP contribution is 2.16. The Hall–Kier alpha value is -0.600. The first-order valence-corrected chi connectivity index (χ1v) is 4.62. The number of benzene rings is 1. The maximum absolute atomic E-state index is 3.76. The maximum atomic E-state index is 3.76. The second-order valence-corrected chi connectivity index (χ2v) is 3.47. The molecular weight excluding hydrogens is 214 g/mol. The molecule has 0 radical (unpaired) electrons. The van der Waals surface area contributed by atoms with E-state index in [4.69, 9.17) is 0 Å². The second kappa shape index (κ2) is 4.43. The minimum Gasteiger partial charge on any atom is -0.310 e. The van der Waals surface area contributed by atoms with Crippen molar-refractivity contribution in [3.05, 3.63) is 47.0 Å². The summed E-state index contributed by atoms with van der Waals surface area (Å²) in [6.45, 7) is 3.76. The van der Waals surface area contributed by atoms with Crippen molar-refractivity contribution in [3.8, 4) is 0 Å². The van der Waals surface area contributed by atoms with Crippen LogP contribution in [0.2, 0.25) is 0 Å². The van der Waals surface area contributed by atoms with Gasteiger partial charge < -0.3 is 5.32 Å². The van der Waals surface area contributed by atoms with Crippen LogP contribution in [0.25, 0.3) is 0 Å². The zero-order chi connectivity index (χ0) is 8.97. The number of likely N-dealkylation sites (N-methyl/N-ethyl adjacent to an activating group) is 1. The van der Waals surface area contributed by atoms with Crippen LogP contribution in [0, 0.1) is 0 Å². The molecule has 0 saturated heterocycles. The van der Waals surface area contributed by atoms with Crippen LogP contribution in [0.5, 0.6) is 0 Å². The lowest BCUT2D eigenvalue weighted by molar-refractivity contribution is 0.716. The van der Waals surface area contributed by atoms with Crippen molar-refractivity contribution >= 4 is 15.9 Å². The van der Waals surface area contributed by atoms with E-state index in [9.17, 15) is 0 Å². The zero-order valence-corrected chi connectivity index (χ0v) is 8.64. The van der Waals surface area contributed by atoms with Crippen LogP contribution in [0.1, 0.15) is 11.6 Å². The molecule has 0 fully saturated rings. The predicted molar refractivity (Wildman–Crippen MR) is 56.1 cm³/mol. The molecule has 1 atom stereocenters. The maximum Gasteiger partial charge on any atom is 0.0501 e. The van der Waals surface area contributed by atoms with Crippen molar-refractivity contribution in [2.45, 2.75) is 6.04 Å². The number of hydrogen-bond acceptors (Lipinski definition) is 1. The Balaban J connectivity index is 2.87. The average Bonchev–Trinajstić information content (AvgIpc) is 2.10. The van der Waals surface area contributed by atoms with Gasteiger partial charge in [-0.15, -0.1) is 6.58 Å². The molecule has 1 aromatic carbocycles. The van der Waals surface area contributed by atoms with Crippen LogP contribution >= 0.6 is 15.9 Å². The number of halogens is 1. The molecule has 0 aliphatic heterocycles. The van der Waals surface area contributed by atoms with Crippen LogP contribution in [0.3, 0.4) is 0 Å². The Morgan fingerprint density at radius 2 is 2.00 bits per heavy atom. The molecular formula is C10H12BrN. The number of hydrogen-bond donors (Lipinski definition) is 1. The van der Waals surface area contributed by atoms with Gasteiger partial charge in [0.25, 0.3) is 0 Å². The number of rotatable bonds is 3. The molecule has 1 aromatic rings. The van der Waals surface area contributed by atoms with Crippen molar-refractivity contribution in [3.63, 3.8) is 0 Å². The van der Waals surface area contributed by atoms with E-state index in [1.54, 1.807) is 0 Å². The monoisotopic (exact) mass is 225 g/mol. The normalized spacial score (nSPS) is 12.5. The highest BCUT2D eigenvalue weighted by Gasteiger charge is 2.02. The lowest BCUT2D eigenvalue weighted by Gasteiger charge is -2.10. The lowest BCUT2D eigenvalue weighted by Crippen LogP contribution is -2.13. The van der Waals surface area contributed by atoms with Gasteiger partial charge in [-0.25, -0.2) is 0 Å². The molecule has 0 bridgehead atoms. The minimum atomic E-state index is 0.248. The van der Waals surface area contributed by atoms with Gasteiger partial charge in [0.05, 0.1) is 6.04 Å². The van der Waals surface area contributed by atoms with Gasteiger partial charge in [-0.1, -0.05) is 34.1 Å². The fraction of sp³-hybridized carbons (Fsp3) is 0.200. The van der Waals surface area contributed by atoms with Crippen LogP contribution in [0.4, 0.5) is 0 Å². The van der Waals surface area contributed by atoms with E-state index in [2.05, 4.69) is 40.0 Å². The first kappa shape index (κ1) is 9.49. The Labute approximate surface area is 81.6 Å². The van der Waals surface area contributed by atoms with Crippen molar-refractivity contribution < 1.29 is 0 Å². The van der Waals surface area contributed by atoms with Crippen molar-refractivity contribution in [2.24, 2.45) is 0 Å². The molecule has 12 heavy (non-hydrogen) atoms. The van der Waals surface area contributed by atoms with Crippen molar-refractivity contribution in [2.75, 3.05) is 7.05 Å². The number of nitrogens with one attached hydrogen (secondary N) is 1. The van der Waals surface area contributed by atoms with Gasteiger partial charge in [0, 0.05) is 4.47 Å². The van der Waals surface area contributed by atoms with Gasteiger partial charge in [-0.2, -0.15) is 0 Å². The van der Waals surface area contributed by atoms with Gasteiger partial charge in [0.15, 0.2) is 0 Å². The molecule has 2 heteroatoms. The van der Waals surface area contributed by atoms with Crippen molar-refractivity contribution in [1.82, 2.24) is 5.32 Å². The molecule has 1 N–H and O–H groups in total. The van der Waals surface area contributed by atoms with E-state index in [0.29, 0.717) is 0 Å². The summed E-state index contributed by atoms with van der Waals surface area (Å²) in [5, 5.41) is 3.15. The first-order chi connectivity index (χ1) is 5.77. The SMILES string of the molecule is C=CC(NC)c1ccc(Br)cc1. The zero-order valence-electron chi connectivity index (χ0n) is 7.05. The molecule has 0 saturated carbocycles. The van der Waals surface area contributed by atoms with Crippen molar-refractivity contribution in [1.29, 1.82) is 0 Å². The molecule has 1 rings (SSSR count). The van der Waals surface area contributed by atoms with Gasteiger partial charge in [0.2, 0.25) is 0 Å². The summed E-state index contributed by atoms with van der Waals surface area (Å²) in [7, 11) is 1.92. The fourth-order valence-corrected chi connectivity index (χ4v) is 1.36. The summed E-state index contributed by atoms with van der Waals surface area (Å²) in [4.78, 5) is 0. The van der Waals surface area contributed by atoms with E-state index in [1.807, 2.05) is 25.3 Å². The minimum absolute atomic E-state index is 0.248. The Kier molecular flexibility index (Phi) is 3.50. The molecule has 0 heterocycles. The summed E-state index contributed by atoms with van der Waals surface area (Å²) in [5.74, 6) is 0. The highest BCUT2D eigenvalue weighted by molar-refractivity contribution is 9.10. The first-order valence-electron chi connectivity index (χ1n) is 3.83. The third kappa shape index (κ3) is 2.19. The molecule has 1 unspecified atom stereocenters. The van der Waals surface area contributed by atoms with E-state index >= 15 is 0 Å². The summed E-state index contributed by atoms with van der Waals surface area (Å²) in [6, 6.07) is 8.46. The molecule has 0 aliphatic rings. The largest absolute Gasteiger partial charge is 0.310 e. The van der Waals surface area contributed by atoms with Crippen LogP contribution < -0.4 is 5.32 Å². The third-order valence-corrected chi connectivity index (χ3v) is 2.30. The van der Waals surface area contributed by atoms with E-state index in [0.717, 1.165) is 4.47 Å². The van der Waals surface area contributed by atoms with E-state index < -0.39 is 0 Å². The van der Waals surface area contributed by atoms with Crippen LogP contribution in [-0.4, -0.2) is 7.05 Å². The fourth-order valence-electron chi connectivity index (χ4n) is 1.09. The average molecular weight is 226 g/mol. The Bertz CT molecular complexity index is 253. The summed E-state index contributed by atoms with van der Waals surface area (Å²) in [5.41, 5.74) is 1.23. The van der Waals surface area contributed by atoms with Gasteiger partial charge >= 0.3 is 0 Å².